The second-order valence-electron chi connectivity index (χ2n) is 3.74. The third-order valence-electron chi connectivity index (χ3n) is 2.44. The summed E-state index contributed by atoms with van der Waals surface area (Å²) in [5, 5.41) is 3.86. The quantitative estimate of drug-likeness (QED) is 0.818. The van der Waals surface area contributed by atoms with Crippen LogP contribution in [0.4, 0.5) is 11.4 Å². The fourth-order valence-electron chi connectivity index (χ4n) is 1.51. The van der Waals surface area contributed by atoms with E-state index in [-0.39, 0.29) is 5.78 Å². The molecule has 0 aromatic heterocycles. The number of para-hydroxylation sites is 1. The molecule has 0 fully saturated rings. The molecule has 0 bridgehead atoms. The Morgan fingerprint density at radius 3 is 2.29 bits per heavy atom. The number of hydrogen-bond acceptors (Lipinski definition) is 2. The van der Waals surface area contributed by atoms with Crippen LogP contribution in [0, 0.1) is 0 Å². The van der Waals surface area contributed by atoms with Crippen LogP contribution < -0.4 is 5.32 Å². The van der Waals surface area contributed by atoms with Gasteiger partial charge in [0.05, 0.1) is 10.7 Å². The summed E-state index contributed by atoms with van der Waals surface area (Å²) in [4.78, 5) is 11.1. The minimum atomic E-state index is 0.0642. The van der Waals surface area contributed by atoms with Gasteiger partial charge in [0.15, 0.2) is 5.78 Å². The van der Waals surface area contributed by atoms with E-state index in [0.717, 1.165) is 11.4 Å². The number of carbonyl (C=O) groups is 1. The average molecular weight is 246 g/mol. The number of anilines is 2. The largest absolute Gasteiger partial charge is 0.354 e. The Balaban J connectivity index is 2.20. The molecule has 0 amide bonds. The topological polar surface area (TPSA) is 29.1 Å². The zero-order valence-electron chi connectivity index (χ0n) is 9.41. The molecule has 0 atom stereocenters. The molecule has 0 saturated carbocycles. The second kappa shape index (κ2) is 5.02. The summed E-state index contributed by atoms with van der Waals surface area (Å²) >= 11 is 6.04. The predicted octanol–water partition coefficient (Wildman–Crippen LogP) is 4.29. The molecule has 0 spiro atoms. The Hall–Kier alpha value is -1.80. The van der Waals surface area contributed by atoms with Gasteiger partial charge in [-0.05, 0) is 43.3 Å². The first-order valence-electron chi connectivity index (χ1n) is 5.29. The third kappa shape index (κ3) is 2.86. The number of hydrogen-bond donors (Lipinski definition) is 1. The number of benzene rings is 2. The van der Waals surface area contributed by atoms with Crippen molar-refractivity contribution in [1.29, 1.82) is 0 Å². The molecule has 0 aliphatic heterocycles. The molecule has 2 nitrogen and oxygen atoms in total. The monoisotopic (exact) mass is 245 g/mol. The standard InChI is InChI=1S/C14H12ClNO/c1-10(17)11-6-8-12(9-7-11)16-14-5-3-2-4-13(14)15/h2-9,16H,1H3. The maximum atomic E-state index is 11.1. The van der Waals surface area contributed by atoms with Crippen molar-refractivity contribution in [1.82, 2.24) is 0 Å². The van der Waals surface area contributed by atoms with Crippen LogP contribution in [-0.2, 0) is 0 Å². The second-order valence-corrected chi connectivity index (χ2v) is 4.15. The fraction of sp³-hybridized carbons (Fsp3) is 0.0714. The van der Waals surface area contributed by atoms with Gasteiger partial charge in [0.25, 0.3) is 0 Å². The molecular formula is C14H12ClNO. The van der Waals surface area contributed by atoms with E-state index in [1.54, 1.807) is 19.1 Å². The molecule has 2 aromatic rings. The van der Waals surface area contributed by atoms with Gasteiger partial charge in [0, 0.05) is 11.3 Å². The molecule has 0 aliphatic rings. The van der Waals surface area contributed by atoms with E-state index in [1.165, 1.54) is 0 Å². The van der Waals surface area contributed by atoms with Gasteiger partial charge in [0.1, 0.15) is 0 Å². The third-order valence-corrected chi connectivity index (χ3v) is 2.77. The molecule has 0 saturated heterocycles. The molecule has 0 unspecified atom stereocenters. The van der Waals surface area contributed by atoms with E-state index in [2.05, 4.69) is 5.32 Å². The first-order valence-corrected chi connectivity index (χ1v) is 5.67. The van der Waals surface area contributed by atoms with Gasteiger partial charge in [-0.3, -0.25) is 4.79 Å². The number of Topliss-reactive ketones (excluding diaryl/α,β-unsaturated/α-hetero) is 1. The van der Waals surface area contributed by atoms with Gasteiger partial charge in [-0.1, -0.05) is 23.7 Å². The molecule has 3 heteroatoms. The highest BCUT2D eigenvalue weighted by atomic mass is 35.5. The smallest absolute Gasteiger partial charge is 0.159 e. The number of halogens is 1. The van der Waals surface area contributed by atoms with Crippen molar-refractivity contribution < 1.29 is 4.79 Å². The Morgan fingerprint density at radius 1 is 1.06 bits per heavy atom. The predicted molar refractivity (Wildman–Crippen MR) is 71.2 cm³/mol. The summed E-state index contributed by atoms with van der Waals surface area (Å²) in [5.41, 5.74) is 2.46. The Morgan fingerprint density at radius 2 is 1.71 bits per heavy atom. The number of carbonyl (C=O) groups excluding carboxylic acids is 1. The summed E-state index contributed by atoms with van der Waals surface area (Å²) in [6, 6.07) is 14.8. The summed E-state index contributed by atoms with van der Waals surface area (Å²) in [5.74, 6) is 0.0642. The lowest BCUT2D eigenvalue weighted by Gasteiger charge is -2.08. The first kappa shape index (κ1) is 11.7. The summed E-state index contributed by atoms with van der Waals surface area (Å²) in [6.07, 6.45) is 0. The van der Waals surface area contributed by atoms with E-state index in [4.69, 9.17) is 11.6 Å². The van der Waals surface area contributed by atoms with E-state index < -0.39 is 0 Å². The minimum Gasteiger partial charge on any atom is -0.354 e. The van der Waals surface area contributed by atoms with E-state index in [0.29, 0.717) is 10.6 Å². The summed E-state index contributed by atoms with van der Waals surface area (Å²) < 4.78 is 0. The van der Waals surface area contributed by atoms with Crippen molar-refractivity contribution >= 4 is 28.8 Å². The molecular weight excluding hydrogens is 234 g/mol. The molecule has 2 rings (SSSR count). The van der Waals surface area contributed by atoms with Crippen LogP contribution in [0.3, 0.4) is 0 Å². The van der Waals surface area contributed by atoms with Gasteiger partial charge < -0.3 is 5.32 Å². The van der Waals surface area contributed by atoms with Crippen LogP contribution in [-0.4, -0.2) is 5.78 Å². The van der Waals surface area contributed by atoms with Crippen molar-refractivity contribution in [2.75, 3.05) is 5.32 Å². The minimum absolute atomic E-state index is 0.0642. The molecule has 0 heterocycles. The maximum Gasteiger partial charge on any atom is 0.159 e. The Bertz CT molecular complexity index is 534. The lowest BCUT2D eigenvalue weighted by molar-refractivity contribution is 0.101. The molecule has 1 N–H and O–H groups in total. The lowest BCUT2D eigenvalue weighted by Crippen LogP contribution is -1.94. The first-order chi connectivity index (χ1) is 8.16. The zero-order chi connectivity index (χ0) is 12.3. The van der Waals surface area contributed by atoms with Gasteiger partial charge in [-0.15, -0.1) is 0 Å². The van der Waals surface area contributed by atoms with Crippen molar-refractivity contribution in [3.05, 3.63) is 59.1 Å². The van der Waals surface area contributed by atoms with Crippen molar-refractivity contribution in [3.8, 4) is 0 Å². The van der Waals surface area contributed by atoms with Crippen molar-refractivity contribution in [3.63, 3.8) is 0 Å². The van der Waals surface area contributed by atoms with E-state index >= 15 is 0 Å². The SMILES string of the molecule is CC(=O)c1ccc(Nc2ccccc2Cl)cc1. The number of ketones is 1. The van der Waals surface area contributed by atoms with Crippen LogP contribution in [0.2, 0.25) is 5.02 Å². The van der Waals surface area contributed by atoms with Crippen molar-refractivity contribution in [2.24, 2.45) is 0 Å². The van der Waals surface area contributed by atoms with Crippen LogP contribution in [0.1, 0.15) is 17.3 Å². The number of rotatable bonds is 3. The summed E-state index contributed by atoms with van der Waals surface area (Å²) in [6.45, 7) is 1.55. The average Bonchev–Trinajstić information content (AvgIpc) is 2.33. The van der Waals surface area contributed by atoms with Crippen LogP contribution in [0.15, 0.2) is 48.5 Å². The van der Waals surface area contributed by atoms with Crippen LogP contribution in [0.25, 0.3) is 0 Å². The highest BCUT2D eigenvalue weighted by Gasteiger charge is 2.01. The van der Waals surface area contributed by atoms with Gasteiger partial charge >= 0.3 is 0 Å². The molecule has 17 heavy (non-hydrogen) atoms. The maximum absolute atomic E-state index is 11.1. The van der Waals surface area contributed by atoms with Gasteiger partial charge in [-0.25, -0.2) is 0 Å². The molecule has 2 aromatic carbocycles. The number of nitrogens with one attached hydrogen (secondary N) is 1. The fourth-order valence-corrected chi connectivity index (χ4v) is 1.69. The summed E-state index contributed by atoms with van der Waals surface area (Å²) in [7, 11) is 0. The molecule has 0 aliphatic carbocycles. The van der Waals surface area contributed by atoms with Crippen molar-refractivity contribution in [2.45, 2.75) is 6.92 Å². The molecule has 0 radical (unpaired) electrons. The highest BCUT2D eigenvalue weighted by Crippen LogP contribution is 2.24. The molecule has 86 valence electrons. The normalized spacial score (nSPS) is 10.0. The zero-order valence-corrected chi connectivity index (χ0v) is 10.2. The highest BCUT2D eigenvalue weighted by molar-refractivity contribution is 6.33. The Kier molecular flexibility index (Phi) is 3.45. The van der Waals surface area contributed by atoms with Gasteiger partial charge in [-0.2, -0.15) is 0 Å². The van der Waals surface area contributed by atoms with E-state index in [9.17, 15) is 4.79 Å². The van der Waals surface area contributed by atoms with Crippen LogP contribution in [0.5, 0.6) is 0 Å². The van der Waals surface area contributed by atoms with Gasteiger partial charge in [0.2, 0.25) is 0 Å². The van der Waals surface area contributed by atoms with Crippen LogP contribution >= 0.6 is 11.6 Å². The Labute approximate surface area is 105 Å². The lowest BCUT2D eigenvalue weighted by atomic mass is 10.1. The van der Waals surface area contributed by atoms with E-state index in [1.807, 2.05) is 36.4 Å².